The van der Waals surface area contributed by atoms with E-state index in [9.17, 15) is 4.79 Å². The number of carbonyl (C=O) groups is 1. The van der Waals surface area contributed by atoms with Crippen LogP contribution in [0, 0.1) is 6.92 Å². The van der Waals surface area contributed by atoms with E-state index < -0.39 is 6.10 Å². The molecule has 4 heteroatoms. The lowest BCUT2D eigenvalue weighted by Gasteiger charge is -2.18. The molecule has 0 aliphatic rings. The SMILES string of the molecule is CC[C@H](Oc1ccccc1C)C(=O)Nc1cccc(SC)c1. The van der Waals surface area contributed by atoms with Crippen molar-refractivity contribution < 1.29 is 9.53 Å². The van der Waals surface area contributed by atoms with Gasteiger partial charge in [0.15, 0.2) is 6.10 Å². The summed E-state index contributed by atoms with van der Waals surface area (Å²) in [4.78, 5) is 13.5. The van der Waals surface area contributed by atoms with Crippen LogP contribution in [0.3, 0.4) is 0 Å². The minimum atomic E-state index is -0.501. The average molecular weight is 315 g/mol. The molecule has 2 aromatic carbocycles. The summed E-state index contributed by atoms with van der Waals surface area (Å²) in [5.74, 6) is 0.631. The fourth-order valence-corrected chi connectivity index (χ4v) is 2.55. The van der Waals surface area contributed by atoms with Crippen LogP contribution >= 0.6 is 11.8 Å². The number of hydrogen-bond donors (Lipinski definition) is 1. The number of amides is 1. The summed E-state index contributed by atoms with van der Waals surface area (Å²) in [7, 11) is 0. The maximum atomic E-state index is 12.4. The van der Waals surface area contributed by atoms with Crippen molar-refractivity contribution in [3.05, 3.63) is 54.1 Å². The number of ether oxygens (including phenoxy) is 1. The fourth-order valence-electron chi connectivity index (χ4n) is 2.09. The van der Waals surface area contributed by atoms with Crippen molar-refractivity contribution in [3.63, 3.8) is 0 Å². The molecule has 0 aliphatic carbocycles. The van der Waals surface area contributed by atoms with E-state index >= 15 is 0 Å². The Morgan fingerprint density at radius 1 is 1.23 bits per heavy atom. The molecule has 0 bridgehead atoms. The van der Waals surface area contributed by atoms with Crippen LogP contribution in [0.15, 0.2) is 53.4 Å². The second-order valence-electron chi connectivity index (χ2n) is 5.00. The molecule has 116 valence electrons. The van der Waals surface area contributed by atoms with Crippen LogP contribution in [-0.2, 0) is 4.79 Å². The van der Waals surface area contributed by atoms with Crippen molar-refractivity contribution >= 4 is 23.4 Å². The smallest absolute Gasteiger partial charge is 0.265 e. The molecule has 2 aromatic rings. The van der Waals surface area contributed by atoms with Crippen molar-refractivity contribution in [1.29, 1.82) is 0 Å². The quantitative estimate of drug-likeness (QED) is 0.797. The van der Waals surface area contributed by atoms with Gasteiger partial charge in [0.05, 0.1) is 0 Å². The number of carbonyl (C=O) groups excluding carboxylic acids is 1. The van der Waals surface area contributed by atoms with Crippen LogP contribution < -0.4 is 10.1 Å². The molecule has 0 aliphatic heterocycles. The maximum Gasteiger partial charge on any atom is 0.265 e. The Balaban J connectivity index is 2.07. The Labute approximate surface area is 136 Å². The second-order valence-corrected chi connectivity index (χ2v) is 5.88. The van der Waals surface area contributed by atoms with Crippen molar-refractivity contribution in [2.45, 2.75) is 31.3 Å². The van der Waals surface area contributed by atoms with Crippen LogP contribution in [0.1, 0.15) is 18.9 Å². The van der Waals surface area contributed by atoms with Gasteiger partial charge in [-0.15, -0.1) is 11.8 Å². The van der Waals surface area contributed by atoms with E-state index in [0.29, 0.717) is 6.42 Å². The molecule has 3 nitrogen and oxygen atoms in total. The highest BCUT2D eigenvalue weighted by atomic mass is 32.2. The Hall–Kier alpha value is -1.94. The third kappa shape index (κ3) is 4.28. The molecule has 0 spiro atoms. The summed E-state index contributed by atoms with van der Waals surface area (Å²) >= 11 is 1.65. The molecule has 0 saturated carbocycles. The van der Waals surface area contributed by atoms with Gasteiger partial charge in [-0.3, -0.25) is 4.79 Å². The Morgan fingerprint density at radius 3 is 2.68 bits per heavy atom. The second kappa shape index (κ2) is 7.90. The van der Waals surface area contributed by atoms with Gasteiger partial charge < -0.3 is 10.1 Å². The zero-order chi connectivity index (χ0) is 15.9. The average Bonchev–Trinajstić information content (AvgIpc) is 2.54. The van der Waals surface area contributed by atoms with E-state index in [1.54, 1.807) is 11.8 Å². The summed E-state index contributed by atoms with van der Waals surface area (Å²) < 4.78 is 5.87. The molecular formula is C18H21NO2S. The van der Waals surface area contributed by atoms with E-state index in [1.165, 1.54) is 0 Å². The van der Waals surface area contributed by atoms with Crippen LogP contribution in [-0.4, -0.2) is 18.3 Å². The number of benzene rings is 2. The molecule has 1 atom stereocenters. The van der Waals surface area contributed by atoms with Gasteiger partial charge >= 0.3 is 0 Å². The highest BCUT2D eigenvalue weighted by molar-refractivity contribution is 7.98. The van der Waals surface area contributed by atoms with Gasteiger partial charge in [0.1, 0.15) is 5.75 Å². The summed E-state index contributed by atoms with van der Waals surface area (Å²) in [5.41, 5.74) is 1.82. The highest BCUT2D eigenvalue weighted by Crippen LogP contribution is 2.21. The number of thioether (sulfide) groups is 1. The highest BCUT2D eigenvalue weighted by Gasteiger charge is 2.19. The first-order valence-electron chi connectivity index (χ1n) is 7.31. The Morgan fingerprint density at radius 2 is 2.00 bits per heavy atom. The van der Waals surface area contributed by atoms with Gasteiger partial charge in [-0.1, -0.05) is 31.2 Å². The van der Waals surface area contributed by atoms with Crippen molar-refractivity contribution in [2.75, 3.05) is 11.6 Å². The molecule has 22 heavy (non-hydrogen) atoms. The normalized spacial score (nSPS) is 11.8. The van der Waals surface area contributed by atoms with Crippen LogP contribution in [0.25, 0.3) is 0 Å². The lowest BCUT2D eigenvalue weighted by molar-refractivity contribution is -0.122. The number of para-hydroxylation sites is 1. The van der Waals surface area contributed by atoms with E-state index in [4.69, 9.17) is 4.74 Å². The minimum Gasteiger partial charge on any atom is -0.480 e. The third-order valence-electron chi connectivity index (χ3n) is 3.36. The monoisotopic (exact) mass is 315 g/mol. The summed E-state index contributed by atoms with van der Waals surface area (Å²) in [6.07, 6.45) is 2.12. The predicted octanol–water partition coefficient (Wildman–Crippen LogP) is 4.51. The first-order valence-corrected chi connectivity index (χ1v) is 8.53. The Bertz CT molecular complexity index is 642. The topological polar surface area (TPSA) is 38.3 Å². The first kappa shape index (κ1) is 16.4. The predicted molar refractivity (Wildman–Crippen MR) is 92.7 cm³/mol. The number of aryl methyl sites for hydroxylation is 1. The molecule has 2 rings (SSSR count). The van der Waals surface area contributed by atoms with Crippen LogP contribution in [0.4, 0.5) is 5.69 Å². The third-order valence-corrected chi connectivity index (χ3v) is 4.09. The summed E-state index contributed by atoms with van der Waals surface area (Å²) in [6, 6.07) is 15.5. The molecule has 1 amide bonds. The van der Waals surface area contributed by atoms with E-state index in [1.807, 2.05) is 68.6 Å². The van der Waals surface area contributed by atoms with Gasteiger partial charge in [0.2, 0.25) is 0 Å². The number of nitrogens with one attached hydrogen (secondary N) is 1. The van der Waals surface area contributed by atoms with Crippen molar-refractivity contribution in [2.24, 2.45) is 0 Å². The van der Waals surface area contributed by atoms with Crippen molar-refractivity contribution in [1.82, 2.24) is 0 Å². The van der Waals surface area contributed by atoms with Gasteiger partial charge in [-0.25, -0.2) is 0 Å². The number of anilines is 1. The maximum absolute atomic E-state index is 12.4. The van der Waals surface area contributed by atoms with Crippen LogP contribution in [0.5, 0.6) is 5.75 Å². The molecule has 0 heterocycles. The largest absolute Gasteiger partial charge is 0.480 e. The van der Waals surface area contributed by atoms with E-state index in [-0.39, 0.29) is 5.91 Å². The zero-order valence-electron chi connectivity index (χ0n) is 13.1. The minimum absolute atomic E-state index is 0.121. The molecular weight excluding hydrogens is 294 g/mol. The molecule has 0 fully saturated rings. The lowest BCUT2D eigenvalue weighted by Crippen LogP contribution is -2.32. The lowest BCUT2D eigenvalue weighted by atomic mass is 10.2. The Kier molecular flexibility index (Phi) is 5.90. The van der Waals surface area contributed by atoms with E-state index in [2.05, 4.69) is 5.32 Å². The molecule has 0 unspecified atom stereocenters. The van der Waals surface area contributed by atoms with Gasteiger partial charge in [-0.05, 0) is 49.4 Å². The fraction of sp³-hybridized carbons (Fsp3) is 0.278. The first-order chi connectivity index (χ1) is 10.6. The molecule has 1 N–H and O–H groups in total. The molecule has 0 saturated heterocycles. The van der Waals surface area contributed by atoms with Gasteiger partial charge in [0.25, 0.3) is 5.91 Å². The molecule has 0 radical (unpaired) electrons. The van der Waals surface area contributed by atoms with Gasteiger partial charge in [-0.2, -0.15) is 0 Å². The zero-order valence-corrected chi connectivity index (χ0v) is 13.9. The van der Waals surface area contributed by atoms with Crippen LogP contribution in [0.2, 0.25) is 0 Å². The van der Waals surface area contributed by atoms with Crippen molar-refractivity contribution in [3.8, 4) is 5.75 Å². The number of rotatable bonds is 6. The summed E-state index contributed by atoms with van der Waals surface area (Å²) in [6.45, 7) is 3.92. The summed E-state index contributed by atoms with van der Waals surface area (Å²) in [5, 5.41) is 2.93. The molecule has 0 aromatic heterocycles. The van der Waals surface area contributed by atoms with E-state index in [0.717, 1.165) is 21.9 Å². The standard InChI is InChI=1S/C18H21NO2S/c1-4-16(21-17-11-6-5-8-13(17)2)18(20)19-14-9-7-10-15(12-14)22-3/h5-12,16H,4H2,1-3H3,(H,19,20)/t16-/m0/s1. The van der Waals surface area contributed by atoms with Gasteiger partial charge in [0, 0.05) is 10.6 Å². The number of hydrogen-bond acceptors (Lipinski definition) is 3.